The molecule has 0 aliphatic carbocycles. The molecule has 0 saturated heterocycles. The Morgan fingerprint density at radius 3 is 2.75 bits per heavy atom. The van der Waals surface area contributed by atoms with Crippen LogP contribution >= 0.6 is 11.6 Å². The number of hydrogen-bond donors (Lipinski definition) is 0. The van der Waals surface area contributed by atoms with Gasteiger partial charge in [0.2, 0.25) is 0 Å². The molecular weight excluding hydrogens is 279 g/mol. The smallest absolute Gasteiger partial charge is 0.167 e. The Morgan fingerprint density at radius 1 is 1.40 bits per heavy atom. The van der Waals surface area contributed by atoms with Crippen LogP contribution in [0.1, 0.15) is 32.5 Å². The maximum atomic E-state index is 13.7. The maximum absolute atomic E-state index is 13.7. The van der Waals surface area contributed by atoms with Crippen molar-refractivity contribution in [2.24, 2.45) is 5.92 Å². The highest BCUT2D eigenvalue weighted by molar-refractivity contribution is 6.16. The molecule has 0 fully saturated rings. The topological polar surface area (TPSA) is 27.1 Å². The second kappa shape index (κ2) is 6.44. The van der Waals surface area contributed by atoms with Gasteiger partial charge in [-0.15, -0.1) is 11.6 Å². The lowest BCUT2D eigenvalue weighted by atomic mass is 10.1. The second-order valence-electron chi connectivity index (χ2n) is 5.32. The molecule has 0 radical (unpaired) electrons. The second-order valence-corrected chi connectivity index (χ2v) is 5.59. The molecule has 0 saturated carbocycles. The highest BCUT2D eigenvalue weighted by atomic mass is 35.5. The molecule has 5 heteroatoms. The number of aromatic nitrogens is 2. The predicted octanol–water partition coefficient (Wildman–Crippen LogP) is 4.36. The minimum absolute atomic E-state index is 0.239. The quantitative estimate of drug-likeness (QED) is 0.741. The van der Waals surface area contributed by atoms with Gasteiger partial charge in [0, 0.05) is 18.7 Å². The van der Waals surface area contributed by atoms with Crippen molar-refractivity contribution >= 4 is 22.6 Å². The Morgan fingerprint density at radius 2 is 2.15 bits per heavy atom. The van der Waals surface area contributed by atoms with E-state index in [2.05, 4.69) is 23.4 Å². The van der Waals surface area contributed by atoms with E-state index in [1.165, 1.54) is 13.2 Å². The van der Waals surface area contributed by atoms with E-state index < -0.39 is 5.82 Å². The number of alkyl halides is 1. The van der Waals surface area contributed by atoms with E-state index >= 15 is 0 Å². The first kappa shape index (κ1) is 15.1. The van der Waals surface area contributed by atoms with Gasteiger partial charge in [-0.2, -0.15) is 0 Å². The molecule has 1 aromatic carbocycles. The van der Waals surface area contributed by atoms with E-state index in [4.69, 9.17) is 16.3 Å². The van der Waals surface area contributed by atoms with Crippen LogP contribution in [0.2, 0.25) is 0 Å². The third kappa shape index (κ3) is 3.06. The van der Waals surface area contributed by atoms with Crippen LogP contribution in [0.25, 0.3) is 11.0 Å². The van der Waals surface area contributed by atoms with E-state index in [1.807, 2.05) is 0 Å². The average molecular weight is 299 g/mol. The van der Waals surface area contributed by atoms with Crippen molar-refractivity contribution in [1.82, 2.24) is 9.55 Å². The molecule has 0 atom stereocenters. The lowest BCUT2D eigenvalue weighted by Gasteiger charge is -2.10. The van der Waals surface area contributed by atoms with Crippen molar-refractivity contribution in [3.63, 3.8) is 0 Å². The first-order valence-electron chi connectivity index (χ1n) is 6.85. The van der Waals surface area contributed by atoms with Gasteiger partial charge in [0.05, 0.1) is 24.0 Å². The Kier molecular flexibility index (Phi) is 4.86. The maximum Gasteiger partial charge on any atom is 0.167 e. The molecule has 2 rings (SSSR count). The number of benzene rings is 1. The highest BCUT2D eigenvalue weighted by Crippen LogP contribution is 2.26. The van der Waals surface area contributed by atoms with Crippen LogP contribution in [-0.4, -0.2) is 16.7 Å². The first-order valence-corrected chi connectivity index (χ1v) is 7.38. The fourth-order valence-electron chi connectivity index (χ4n) is 2.34. The largest absolute Gasteiger partial charge is 0.494 e. The van der Waals surface area contributed by atoms with E-state index in [9.17, 15) is 4.39 Å². The van der Waals surface area contributed by atoms with Gasteiger partial charge in [0.25, 0.3) is 0 Å². The van der Waals surface area contributed by atoms with Gasteiger partial charge in [-0.05, 0) is 18.8 Å². The Balaban J connectivity index is 2.39. The molecule has 0 N–H and O–H groups in total. The number of nitrogens with zero attached hydrogens (tertiary/aromatic N) is 2. The van der Waals surface area contributed by atoms with E-state index in [-0.39, 0.29) is 5.75 Å². The van der Waals surface area contributed by atoms with E-state index in [1.54, 1.807) is 6.07 Å². The molecule has 0 unspecified atom stereocenters. The van der Waals surface area contributed by atoms with Crippen LogP contribution in [0.15, 0.2) is 12.1 Å². The van der Waals surface area contributed by atoms with Crippen molar-refractivity contribution in [1.29, 1.82) is 0 Å². The fourth-order valence-corrected chi connectivity index (χ4v) is 2.55. The minimum atomic E-state index is -0.395. The first-order chi connectivity index (χ1) is 9.56. The zero-order valence-electron chi connectivity index (χ0n) is 12.1. The minimum Gasteiger partial charge on any atom is -0.494 e. The molecule has 110 valence electrons. The van der Waals surface area contributed by atoms with Crippen LogP contribution < -0.4 is 4.74 Å². The lowest BCUT2D eigenvalue weighted by Crippen LogP contribution is -2.04. The van der Waals surface area contributed by atoms with Crippen molar-refractivity contribution in [3.8, 4) is 5.75 Å². The summed E-state index contributed by atoms with van der Waals surface area (Å²) in [5, 5.41) is 0. The molecule has 0 amide bonds. The number of aryl methyl sites for hydroxylation is 1. The van der Waals surface area contributed by atoms with Crippen LogP contribution in [-0.2, 0) is 12.4 Å². The zero-order chi connectivity index (χ0) is 14.7. The summed E-state index contributed by atoms with van der Waals surface area (Å²) < 4.78 is 20.8. The number of hydrogen-bond acceptors (Lipinski definition) is 2. The van der Waals surface area contributed by atoms with Crippen molar-refractivity contribution in [2.45, 2.75) is 39.1 Å². The Labute approximate surface area is 123 Å². The number of rotatable bonds is 6. The summed E-state index contributed by atoms with van der Waals surface area (Å²) in [5.74, 6) is 1.60. The molecule has 1 aromatic heterocycles. The summed E-state index contributed by atoms with van der Waals surface area (Å²) in [4.78, 5) is 4.40. The number of methoxy groups -OCH3 is 1. The molecular formula is C15H20ClFN2O. The van der Waals surface area contributed by atoms with Gasteiger partial charge in [-0.1, -0.05) is 13.8 Å². The lowest BCUT2D eigenvalue weighted by molar-refractivity contribution is 0.387. The molecule has 20 heavy (non-hydrogen) atoms. The molecule has 0 aliphatic rings. The normalized spacial score (nSPS) is 11.5. The number of ether oxygens (including phenoxy) is 1. The predicted molar refractivity (Wildman–Crippen MR) is 79.9 cm³/mol. The molecule has 1 heterocycles. The Bertz CT molecular complexity index is 595. The van der Waals surface area contributed by atoms with Gasteiger partial charge in [0.1, 0.15) is 5.82 Å². The van der Waals surface area contributed by atoms with Crippen LogP contribution in [0, 0.1) is 11.7 Å². The van der Waals surface area contributed by atoms with Crippen molar-refractivity contribution in [2.75, 3.05) is 7.11 Å². The standard InChI is InChI=1S/C15H20ClFN2O/c1-10(2)5-4-6-19-13-8-14(20-3)11(17)7-12(13)18-15(19)9-16/h7-8,10H,4-6,9H2,1-3H3. The average Bonchev–Trinajstić information content (AvgIpc) is 2.74. The molecule has 0 bridgehead atoms. The molecule has 3 nitrogen and oxygen atoms in total. The molecule has 2 aromatic rings. The zero-order valence-corrected chi connectivity index (χ0v) is 12.9. The van der Waals surface area contributed by atoms with E-state index in [0.717, 1.165) is 30.7 Å². The highest BCUT2D eigenvalue weighted by Gasteiger charge is 2.14. The van der Waals surface area contributed by atoms with Crippen molar-refractivity contribution in [3.05, 3.63) is 23.8 Å². The number of halogens is 2. The summed E-state index contributed by atoms with van der Waals surface area (Å²) in [6.45, 7) is 5.24. The summed E-state index contributed by atoms with van der Waals surface area (Å²) in [7, 11) is 1.46. The number of imidazole rings is 1. The van der Waals surface area contributed by atoms with E-state index in [0.29, 0.717) is 17.3 Å². The summed E-state index contributed by atoms with van der Waals surface area (Å²) in [6.07, 6.45) is 2.19. The van der Waals surface area contributed by atoms with Gasteiger partial charge in [0.15, 0.2) is 11.6 Å². The molecule has 0 spiro atoms. The Hall–Kier alpha value is -1.29. The summed E-state index contributed by atoms with van der Waals surface area (Å²) in [5.41, 5.74) is 1.51. The monoisotopic (exact) mass is 298 g/mol. The van der Waals surface area contributed by atoms with Gasteiger partial charge >= 0.3 is 0 Å². The van der Waals surface area contributed by atoms with Crippen LogP contribution in [0.4, 0.5) is 4.39 Å². The SMILES string of the molecule is COc1cc2c(cc1F)nc(CCl)n2CCCC(C)C. The summed E-state index contributed by atoms with van der Waals surface area (Å²) >= 11 is 5.95. The fraction of sp³-hybridized carbons (Fsp3) is 0.533. The third-order valence-corrected chi connectivity index (χ3v) is 3.62. The van der Waals surface area contributed by atoms with Crippen molar-refractivity contribution < 1.29 is 9.13 Å². The van der Waals surface area contributed by atoms with Gasteiger partial charge in [-0.3, -0.25) is 0 Å². The van der Waals surface area contributed by atoms with Gasteiger partial charge in [-0.25, -0.2) is 9.37 Å². The van der Waals surface area contributed by atoms with Crippen LogP contribution in [0.3, 0.4) is 0 Å². The number of fused-ring (bicyclic) bond motifs is 1. The third-order valence-electron chi connectivity index (χ3n) is 3.38. The van der Waals surface area contributed by atoms with Gasteiger partial charge < -0.3 is 9.30 Å². The molecule has 0 aliphatic heterocycles. The summed E-state index contributed by atoms with van der Waals surface area (Å²) in [6, 6.07) is 3.10. The van der Waals surface area contributed by atoms with Crippen LogP contribution in [0.5, 0.6) is 5.75 Å².